The Hall–Kier alpha value is -3.87. The van der Waals surface area contributed by atoms with E-state index in [2.05, 4.69) is 26.3 Å². The Morgan fingerprint density at radius 3 is 2.79 bits per heavy atom. The van der Waals surface area contributed by atoms with E-state index in [1.54, 1.807) is 24.7 Å². The summed E-state index contributed by atoms with van der Waals surface area (Å²) in [7, 11) is 0. The van der Waals surface area contributed by atoms with Gasteiger partial charge >= 0.3 is 0 Å². The molecule has 1 atom stereocenters. The van der Waals surface area contributed by atoms with E-state index in [4.69, 9.17) is 4.42 Å². The van der Waals surface area contributed by atoms with Gasteiger partial charge in [-0.05, 0) is 54.7 Å². The zero-order valence-corrected chi connectivity index (χ0v) is 18.3. The normalized spacial score (nSPS) is 15.2. The Morgan fingerprint density at radius 2 is 1.97 bits per heavy atom. The lowest BCUT2D eigenvalue weighted by molar-refractivity contribution is -0.125. The first-order valence-electron chi connectivity index (χ1n) is 11.2. The molecule has 3 heterocycles. The smallest absolute Gasteiger partial charge is 0.240 e. The fourth-order valence-electron chi connectivity index (χ4n) is 4.64. The molecule has 1 unspecified atom stereocenters. The molecule has 0 saturated carbocycles. The maximum Gasteiger partial charge on any atom is 0.240 e. The number of furan rings is 1. The Kier molecular flexibility index (Phi) is 5.93. The fourth-order valence-corrected chi connectivity index (χ4v) is 4.64. The van der Waals surface area contributed by atoms with Gasteiger partial charge in [-0.3, -0.25) is 14.6 Å². The molecule has 0 bridgehead atoms. The van der Waals surface area contributed by atoms with Crippen molar-refractivity contribution in [2.24, 2.45) is 5.92 Å². The van der Waals surface area contributed by atoms with E-state index >= 15 is 0 Å². The SMILES string of the molecule is O=C(Cn1c2c(c3ccccc31)CC(C(=O)NCc1cccnc1)CC2)NCc1ccco1. The van der Waals surface area contributed by atoms with Crippen LogP contribution >= 0.6 is 0 Å². The van der Waals surface area contributed by atoms with Crippen LogP contribution in [0.2, 0.25) is 0 Å². The summed E-state index contributed by atoms with van der Waals surface area (Å²) >= 11 is 0. The first-order valence-corrected chi connectivity index (χ1v) is 11.2. The minimum Gasteiger partial charge on any atom is -0.467 e. The maximum atomic E-state index is 12.9. The van der Waals surface area contributed by atoms with Crippen molar-refractivity contribution in [1.29, 1.82) is 0 Å². The standard InChI is InChI=1S/C26H26N4O3/c31-25(28-16-20-6-4-12-33-20)17-30-23-8-2-1-7-21(23)22-13-19(9-10-24(22)30)26(32)29-15-18-5-3-11-27-14-18/h1-8,11-12,14,19H,9-10,13,15-17H2,(H,28,31)(H,29,32). The second kappa shape index (κ2) is 9.32. The average Bonchev–Trinajstić information content (AvgIpc) is 3.48. The molecule has 168 valence electrons. The first kappa shape index (κ1) is 21.0. The summed E-state index contributed by atoms with van der Waals surface area (Å²) in [5, 5.41) is 7.11. The van der Waals surface area contributed by atoms with E-state index in [-0.39, 0.29) is 24.3 Å². The highest BCUT2D eigenvalue weighted by atomic mass is 16.3. The average molecular weight is 443 g/mol. The number of carbonyl (C=O) groups is 2. The van der Waals surface area contributed by atoms with Crippen molar-refractivity contribution in [2.45, 2.75) is 38.9 Å². The summed E-state index contributed by atoms with van der Waals surface area (Å²) < 4.78 is 7.40. The zero-order valence-electron chi connectivity index (χ0n) is 18.3. The summed E-state index contributed by atoms with van der Waals surface area (Å²) in [6.45, 7) is 1.09. The number of nitrogens with one attached hydrogen (secondary N) is 2. The quantitative estimate of drug-likeness (QED) is 0.459. The molecule has 1 aliphatic carbocycles. The number of amides is 2. The number of hydrogen-bond donors (Lipinski definition) is 2. The second-order valence-electron chi connectivity index (χ2n) is 8.40. The van der Waals surface area contributed by atoms with Crippen LogP contribution in [0.25, 0.3) is 10.9 Å². The Morgan fingerprint density at radius 1 is 1.06 bits per heavy atom. The van der Waals surface area contributed by atoms with E-state index < -0.39 is 0 Å². The van der Waals surface area contributed by atoms with Gasteiger partial charge in [0.2, 0.25) is 11.8 Å². The number of pyridine rings is 1. The highest BCUT2D eigenvalue weighted by Gasteiger charge is 2.29. The van der Waals surface area contributed by atoms with Gasteiger partial charge in [0, 0.05) is 41.5 Å². The lowest BCUT2D eigenvalue weighted by Crippen LogP contribution is -2.34. The van der Waals surface area contributed by atoms with Crippen LogP contribution < -0.4 is 10.6 Å². The molecule has 7 heteroatoms. The number of hydrogen-bond acceptors (Lipinski definition) is 4. The van der Waals surface area contributed by atoms with Gasteiger partial charge in [0.15, 0.2) is 0 Å². The molecule has 0 saturated heterocycles. The molecule has 1 aliphatic rings. The van der Waals surface area contributed by atoms with Gasteiger partial charge in [-0.2, -0.15) is 0 Å². The maximum absolute atomic E-state index is 12.9. The third kappa shape index (κ3) is 4.53. The van der Waals surface area contributed by atoms with Crippen molar-refractivity contribution in [3.8, 4) is 0 Å². The van der Waals surface area contributed by atoms with E-state index in [0.717, 1.165) is 40.8 Å². The van der Waals surface area contributed by atoms with Gasteiger partial charge in [-0.25, -0.2) is 0 Å². The van der Waals surface area contributed by atoms with Crippen LogP contribution in [-0.4, -0.2) is 21.4 Å². The molecule has 3 aromatic heterocycles. The van der Waals surface area contributed by atoms with Gasteiger partial charge in [-0.1, -0.05) is 24.3 Å². The molecule has 5 rings (SSSR count). The van der Waals surface area contributed by atoms with Crippen molar-refractivity contribution in [3.05, 3.63) is 89.8 Å². The molecular formula is C26H26N4O3. The van der Waals surface area contributed by atoms with Crippen LogP contribution in [0.1, 0.15) is 29.0 Å². The third-order valence-corrected chi connectivity index (χ3v) is 6.28. The Bertz CT molecular complexity index is 1260. The molecule has 7 nitrogen and oxygen atoms in total. The van der Waals surface area contributed by atoms with Gasteiger partial charge in [0.1, 0.15) is 12.3 Å². The molecule has 0 radical (unpaired) electrons. The molecule has 0 fully saturated rings. The van der Waals surface area contributed by atoms with E-state index in [1.165, 1.54) is 5.56 Å². The Labute approximate surface area is 191 Å². The summed E-state index contributed by atoms with van der Waals surface area (Å²) in [4.78, 5) is 29.7. The van der Waals surface area contributed by atoms with Gasteiger partial charge in [0.05, 0.1) is 12.8 Å². The summed E-state index contributed by atoms with van der Waals surface area (Å²) in [5.74, 6) is 0.646. The molecule has 33 heavy (non-hydrogen) atoms. The predicted molar refractivity (Wildman–Crippen MR) is 124 cm³/mol. The second-order valence-corrected chi connectivity index (χ2v) is 8.40. The monoisotopic (exact) mass is 442 g/mol. The zero-order chi connectivity index (χ0) is 22.6. The van der Waals surface area contributed by atoms with Crippen LogP contribution in [0.5, 0.6) is 0 Å². The lowest BCUT2D eigenvalue weighted by atomic mass is 9.85. The van der Waals surface area contributed by atoms with Gasteiger partial charge < -0.3 is 19.6 Å². The van der Waals surface area contributed by atoms with Crippen LogP contribution in [0.4, 0.5) is 0 Å². The summed E-state index contributed by atoms with van der Waals surface area (Å²) in [6.07, 6.45) is 7.29. The minimum atomic E-state index is -0.0822. The van der Waals surface area contributed by atoms with Crippen molar-refractivity contribution < 1.29 is 14.0 Å². The highest BCUT2D eigenvalue weighted by molar-refractivity contribution is 5.89. The van der Waals surface area contributed by atoms with Crippen LogP contribution in [-0.2, 0) is 42.1 Å². The van der Waals surface area contributed by atoms with Gasteiger partial charge in [0.25, 0.3) is 0 Å². The molecule has 2 amide bonds. The number of para-hydroxylation sites is 1. The van der Waals surface area contributed by atoms with Crippen molar-refractivity contribution in [2.75, 3.05) is 0 Å². The first-order chi connectivity index (χ1) is 16.2. The number of fused-ring (bicyclic) bond motifs is 3. The third-order valence-electron chi connectivity index (χ3n) is 6.28. The topological polar surface area (TPSA) is 89.2 Å². The van der Waals surface area contributed by atoms with E-state index in [9.17, 15) is 9.59 Å². The highest BCUT2D eigenvalue weighted by Crippen LogP contribution is 2.34. The van der Waals surface area contributed by atoms with Crippen LogP contribution in [0.3, 0.4) is 0 Å². The van der Waals surface area contributed by atoms with E-state index in [0.29, 0.717) is 19.5 Å². The molecular weight excluding hydrogens is 416 g/mol. The lowest BCUT2D eigenvalue weighted by Gasteiger charge is -2.23. The van der Waals surface area contributed by atoms with Crippen molar-refractivity contribution in [1.82, 2.24) is 20.2 Å². The van der Waals surface area contributed by atoms with Crippen molar-refractivity contribution >= 4 is 22.7 Å². The molecule has 1 aromatic carbocycles. The molecule has 0 aliphatic heterocycles. The van der Waals surface area contributed by atoms with Crippen LogP contribution in [0, 0.1) is 5.92 Å². The fraction of sp³-hybridized carbons (Fsp3) is 0.269. The molecule has 0 spiro atoms. The van der Waals surface area contributed by atoms with E-state index in [1.807, 2.05) is 36.4 Å². The number of aromatic nitrogens is 2. The predicted octanol–water partition coefficient (Wildman–Crippen LogP) is 3.37. The van der Waals surface area contributed by atoms with Gasteiger partial charge in [-0.15, -0.1) is 0 Å². The largest absolute Gasteiger partial charge is 0.467 e. The van der Waals surface area contributed by atoms with Crippen LogP contribution in [0.15, 0.2) is 71.6 Å². The number of rotatable bonds is 7. The van der Waals surface area contributed by atoms with Crippen molar-refractivity contribution in [3.63, 3.8) is 0 Å². The summed E-state index contributed by atoms with van der Waals surface area (Å²) in [6, 6.07) is 15.6. The molecule has 2 N–H and O–H groups in total. The molecule has 4 aromatic rings. The summed E-state index contributed by atoms with van der Waals surface area (Å²) in [5.41, 5.74) is 4.35. The number of nitrogens with zero attached hydrogens (tertiary/aromatic N) is 2. The number of benzene rings is 1. The minimum absolute atomic E-state index is 0.0636. The Balaban J connectivity index is 1.31. The number of carbonyl (C=O) groups excluding carboxylic acids is 2.